The van der Waals surface area contributed by atoms with E-state index in [1.165, 1.54) is 76.7 Å². The zero-order valence-corrected chi connectivity index (χ0v) is 67.2. The molecule has 123 heavy (non-hydrogen) atoms. The number of hydrogen-bond donors (Lipinski definition) is 0. The molecule has 3 heterocycles. The minimum Gasteiger partial charge on any atom is -0.456 e. The maximum absolute atomic E-state index is 7.08. The second-order valence-corrected chi connectivity index (χ2v) is 31.9. The molecule has 0 saturated carbocycles. The predicted octanol–water partition coefficient (Wildman–Crippen LogP) is 32.9. The summed E-state index contributed by atoms with van der Waals surface area (Å²) in [6.45, 7) is 0. The van der Waals surface area contributed by atoms with Crippen molar-refractivity contribution < 1.29 is 4.42 Å². The maximum Gasteiger partial charge on any atom is 0.137 e. The largest absolute Gasteiger partial charge is 0.456 e. The van der Waals surface area contributed by atoms with Gasteiger partial charge in [0.1, 0.15) is 11.2 Å². The molecular formula is C118H78N4O. The second-order valence-electron chi connectivity index (χ2n) is 31.9. The standard InChI is InChI=1S/C118H78N4O/c1-6-25-82(26-7-1)102-68-55-88(74-108(102)84-27-8-2-9-28-84)79-47-59-95(60-48-79)119(96-61-49-81(50-62-96)90-58-72-113-110(76-90)104-40-18-20-43-111(104)121(113)93-35-12-4-13-36-93)99-67-71-106-105-70-57-91(77-116(105)123-117(106)78-99)87-33-22-34-92(73-87)103-69-56-89(75-109(103)85-29-10-3-11-30-85)80-51-63-97(64-52-80)120(98-65-53-86(54-66-98)101-42-23-32-83-31-16-17-39-100(83)101)114-45-24-46-115-118(114)107-41-19-21-44-112(107)122(115)94-37-14-5-15-38-94/h1-78H. The molecule has 0 radical (unpaired) electrons. The van der Waals surface area contributed by atoms with Crippen molar-refractivity contribution in [2.24, 2.45) is 0 Å². The van der Waals surface area contributed by atoms with E-state index in [1.807, 2.05) is 0 Å². The molecule has 0 bridgehead atoms. The van der Waals surface area contributed by atoms with E-state index in [9.17, 15) is 0 Å². The van der Waals surface area contributed by atoms with Gasteiger partial charge in [0.25, 0.3) is 0 Å². The lowest BCUT2D eigenvalue weighted by molar-refractivity contribution is 0.669. The lowest BCUT2D eigenvalue weighted by atomic mass is 9.90. The molecule has 0 fully saturated rings. The number of rotatable bonds is 17. The first-order valence-electron chi connectivity index (χ1n) is 42.2. The molecule has 23 aromatic rings. The van der Waals surface area contributed by atoms with Crippen LogP contribution < -0.4 is 9.80 Å². The van der Waals surface area contributed by atoms with E-state index in [4.69, 9.17) is 4.42 Å². The quantitative estimate of drug-likeness (QED) is 0.0910. The van der Waals surface area contributed by atoms with Gasteiger partial charge in [-0.3, -0.25) is 0 Å². The molecule has 0 atom stereocenters. The molecule has 576 valence electrons. The molecule has 0 spiro atoms. The third kappa shape index (κ3) is 13.0. The van der Waals surface area contributed by atoms with Gasteiger partial charge >= 0.3 is 0 Å². The van der Waals surface area contributed by atoms with Crippen molar-refractivity contribution >= 4 is 110 Å². The zero-order valence-electron chi connectivity index (χ0n) is 67.2. The van der Waals surface area contributed by atoms with Crippen LogP contribution in [-0.2, 0) is 0 Å². The number of para-hydroxylation sites is 4. The Balaban J connectivity index is 0.580. The second kappa shape index (κ2) is 30.5. The summed E-state index contributed by atoms with van der Waals surface area (Å²) in [6, 6.07) is 173. The molecule has 5 nitrogen and oxygen atoms in total. The van der Waals surface area contributed by atoms with Crippen LogP contribution in [0, 0.1) is 0 Å². The monoisotopic (exact) mass is 1570 g/mol. The molecule has 0 aliphatic heterocycles. The number of nitrogens with zero attached hydrogens (tertiary/aromatic N) is 4. The lowest BCUT2D eigenvalue weighted by Crippen LogP contribution is -2.10. The van der Waals surface area contributed by atoms with E-state index in [-0.39, 0.29) is 0 Å². The highest BCUT2D eigenvalue weighted by atomic mass is 16.3. The molecule has 0 unspecified atom stereocenters. The van der Waals surface area contributed by atoms with Crippen LogP contribution in [0.2, 0.25) is 0 Å². The van der Waals surface area contributed by atoms with Crippen LogP contribution in [0.1, 0.15) is 0 Å². The Kier molecular flexibility index (Phi) is 17.9. The molecule has 5 heteroatoms. The first-order chi connectivity index (χ1) is 61.0. The fourth-order valence-electron chi connectivity index (χ4n) is 18.8. The average molecular weight is 1570 g/mol. The highest BCUT2D eigenvalue weighted by Crippen LogP contribution is 2.49. The minimum atomic E-state index is 0.810. The van der Waals surface area contributed by atoms with Gasteiger partial charge in [-0.25, -0.2) is 0 Å². The predicted molar refractivity (Wildman–Crippen MR) is 518 cm³/mol. The molecule has 0 saturated heterocycles. The molecular weight excluding hydrogens is 1490 g/mol. The summed E-state index contributed by atoms with van der Waals surface area (Å²) < 4.78 is 11.8. The lowest BCUT2D eigenvalue weighted by Gasteiger charge is -2.27. The summed E-state index contributed by atoms with van der Waals surface area (Å²) in [6.07, 6.45) is 0. The number of benzene rings is 20. The molecule has 0 aliphatic carbocycles. The summed E-state index contributed by atoms with van der Waals surface area (Å²) in [5, 5.41) is 9.41. The first-order valence-corrected chi connectivity index (χ1v) is 42.2. The smallest absolute Gasteiger partial charge is 0.137 e. The van der Waals surface area contributed by atoms with E-state index >= 15 is 0 Å². The van der Waals surface area contributed by atoms with Gasteiger partial charge in [-0.15, -0.1) is 0 Å². The Hall–Kier alpha value is -16.3. The van der Waals surface area contributed by atoms with Crippen molar-refractivity contribution in [1.82, 2.24) is 9.13 Å². The van der Waals surface area contributed by atoms with Crippen molar-refractivity contribution in [2.75, 3.05) is 9.80 Å². The van der Waals surface area contributed by atoms with Crippen LogP contribution in [0.5, 0.6) is 0 Å². The van der Waals surface area contributed by atoms with E-state index < -0.39 is 0 Å². The zero-order chi connectivity index (χ0) is 81.3. The normalized spacial score (nSPS) is 11.6. The van der Waals surface area contributed by atoms with Crippen molar-refractivity contribution in [1.29, 1.82) is 0 Å². The number of aromatic nitrogens is 2. The van der Waals surface area contributed by atoms with Gasteiger partial charge in [0.05, 0.1) is 27.8 Å². The van der Waals surface area contributed by atoms with Gasteiger partial charge in [-0.05, 0) is 263 Å². The van der Waals surface area contributed by atoms with Gasteiger partial charge in [0, 0.05) is 78.2 Å². The van der Waals surface area contributed by atoms with Crippen LogP contribution >= 0.6 is 0 Å². The molecule has 0 N–H and O–H groups in total. The number of fused-ring (bicyclic) bond motifs is 10. The van der Waals surface area contributed by atoms with Crippen molar-refractivity contribution in [2.45, 2.75) is 0 Å². The molecule has 20 aromatic carbocycles. The Morgan fingerprint density at radius 3 is 1.14 bits per heavy atom. The highest BCUT2D eigenvalue weighted by Gasteiger charge is 2.25. The molecule has 23 rings (SSSR count). The van der Waals surface area contributed by atoms with Gasteiger partial charge in [-0.1, -0.05) is 315 Å². The number of furan rings is 1. The van der Waals surface area contributed by atoms with Crippen molar-refractivity contribution in [3.8, 4) is 112 Å². The van der Waals surface area contributed by atoms with Gasteiger partial charge in [0.15, 0.2) is 0 Å². The van der Waals surface area contributed by atoms with Crippen molar-refractivity contribution in [3.05, 3.63) is 473 Å². The average Bonchev–Trinajstić information content (AvgIpc) is 1.56. The summed E-state index contributed by atoms with van der Waals surface area (Å²) in [4.78, 5) is 4.79. The van der Waals surface area contributed by atoms with Crippen LogP contribution in [0.3, 0.4) is 0 Å². The van der Waals surface area contributed by atoms with E-state index in [0.717, 1.165) is 145 Å². The third-order valence-electron chi connectivity index (χ3n) is 24.7. The number of hydrogen-bond acceptors (Lipinski definition) is 3. The number of anilines is 6. The Bertz CT molecular complexity index is 7930. The van der Waals surface area contributed by atoms with Gasteiger partial charge in [0.2, 0.25) is 0 Å². The van der Waals surface area contributed by atoms with Gasteiger partial charge < -0.3 is 23.4 Å². The molecule has 0 amide bonds. The topological polar surface area (TPSA) is 29.5 Å². The summed E-state index contributed by atoms with van der Waals surface area (Å²) >= 11 is 0. The Morgan fingerprint density at radius 1 is 0.171 bits per heavy atom. The minimum absolute atomic E-state index is 0.810. The molecule has 3 aromatic heterocycles. The third-order valence-corrected chi connectivity index (χ3v) is 24.7. The van der Waals surface area contributed by atoms with Crippen LogP contribution in [-0.4, -0.2) is 9.13 Å². The van der Waals surface area contributed by atoms with E-state index in [2.05, 4.69) is 492 Å². The van der Waals surface area contributed by atoms with E-state index in [0.29, 0.717) is 0 Å². The van der Waals surface area contributed by atoms with Crippen molar-refractivity contribution in [3.63, 3.8) is 0 Å². The first kappa shape index (κ1) is 71.9. The Labute approximate surface area is 713 Å². The van der Waals surface area contributed by atoms with Crippen LogP contribution in [0.25, 0.3) is 188 Å². The Morgan fingerprint density at radius 2 is 0.537 bits per heavy atom. The summed E-state index contributed by atoms with van der Waals surface area (Å²) in [7, 11) is 0. The van der Waals surface area contributed by atoms with Crippen LogP contribution in [0.4, 0.5) is 34.1 Å². The SMILES string of the molecule is c1ccc(-c2ccc(-c3ccc(N(c4ccc(-c5ccc6c(c5)c5ccccc5n6-c5ccccc5)cc4)c4ccc5c(c4)oc4cc(-c6cccc(-c7ccc(-c8ccc(N(c9ccc(-c%10cccc%11ccccc%10%11)cc9)c9cccc%10c9c9ccccc9n%10-c9ccccc9)cc8)cc7-c7ccccc7)c6)ccc45)cc3)cc2-c2ccccc2)cc1. The highest BCUT2D eigenvalue weighted by molar-refractivity contribution is 6.17. The van der Waals surface area contributed by atoms with E-state index in [1.54, 1.807) is 0 Å². The van der Waals surface area contributed by atoms with Gasteiger partial charge in [-0.2, -0.15) is 0 Å². The summed E-state index contributed by atoms with van der Waals surface area (Å²) in [5.74, 6) is 0. The fourth-order valence-corrected chi connectivity index (χ4v) is 18.8. The summed E-state index contributed by atoms with van der Waals surface area (Å²) in [5.41, 5.74) is 35.6. The molecule has 0 aliphatic rings. The van der Waals surface area contributed by atoms with Crippen LogP contribution in [0.15, 0.2) is 478 Å². The fraction of sp³-hybridized carbons (Fsp3) is 0. The maximum atomic E-state index is 7.08.